The highest BCUT2D eigenvalue weighted by molar-refractivity contribution is 5.93. The standard InChI is InChI=1S/C11H15N5O5/c1-15(2)11(19)13-4-3-12-9-5-7(10(17)18)8(6-14-9)16(20)21/h5-6H,3-4H2,1-2H3,(H,12,14)(H,13,19)(H,17,18). The summed E-state index contributed by atoms with van der Waals surface area (Å²) in [6.45, 7) is 0.585. The van der Waals surface area contributed by atoms with Gasteiger partial charge in [0.1, 0.15) is 17.6 Å². The number of carbonyl (C=O) groups is 2. The second-order valence-corrected chi connectivity index (χ2v) is 4.20. The molecule has 1 aromatic rings. The Morgan fingerprint density at radius 2 is 2.10 bits per heavy atom. The Kier molecular flexibility index (Phi) is 5.40. The number of aromatic nitrogens is 1. The van der Waals surface area contributed by atoms with E-state index < -0.39 is 22.1 Å². The number of hydrogen-bond donors (Lipinski definition) is 3. The first-order valence-corrected chi connectivity index (χ1v) is 5.89. The number of aromatic carboxylic acids is 1. The van der Waals surface area contributed by atoms with Crippen LogP contribution in [0.1, 0.15) is 10.4 Å². The number of rotatable bonds is 6. The van der Waals surface area contributed by atoms with Crippen LogP contribution in [0.2, 0.25) is 0 Å². The Morgan fingerprint density at radius 1 is 1.43 bits per heavy atom. The maximum atomic E-state index is 11.2. The van der Waals surface area contributed by atoms with Crippen molar-refractivity contribution in [2.24, 2.45) is 0 Å². The lowest BCUT2D eigenvalue weighted by Gasteiger charge is -2.12. The summed E-state index contributed by atoms with van der Waals surface area (Å²) in [5.41, 5.74) is -1.02. The molecule has 2 amide bonds. The Hall–Kier alpha value is -2.91. The van der Waals surface area contributed by atoms with E-state index in [1.807, 2.05) is 0 Å². The molecular formula is C11H15N5O5. The zero-order valence-electron chi connectivity index (χ0n) is 11.5. The first-order valence-electron chi connectivity index (χ1n) is 5.89. The first-order chi connectivity index (χ1) is 9.82. The van der Waals surface area contributed by atoms with Gasteiger partial charge in [-0.3, -0.25) is 10.1 Å². The maximum absolute atomic E-state index is 11.2. The van der Waals surface area contributed by atoms with Gasteiger partial charge in [0.2, 0.25) is 0 Å². The monoisotopic (exact) mass is 297 g/mol. The summed E-state index contributed by atoms with van der Waals surface area (Å²) < 4.78 is 0. The van der Waals surface area contributed by atoms with Crippen molar-refractivity contribution >= 4 is 23.5 Å². The molecule has 10 heteroatoms. The van der Waals surface area contributed by atoms with E-state index in [0.29, 0.717) is 6.54 Å². The van der Waals surface area contributed by atoms with Crippen LogP contribution in [0.25, 0.3) is 0 Å². The number of nitro groups is 1. The van der Waals surface area contributed by atoms with Crippen molar-refractivity contribution in [3.63, 3.8) is 0 Å². The van der Waals surface area contributed by atoms with E-state index in [1.165, 1.54) is 4.90 Å². The van der Waals surface area contributed by atoms with Gasteiger partial charge in [0, 0.05) is 33.3 Å². The second kappa shape index (κ2) is 7.03. The quantitative estimate of drug-likeness (QED) is 0.392. The molecule has 0 aliphatic heterocycles. The fraction of sp³-hybridized carbons (Fsp3) is 0.364. The van der Waals surface area contributed by atoms with Gasteiger partial charge in [-0.05, 0) is 0 Å². The number of nitrogens with zero attached hydrogens (tertiary/aromatic N) is 3. The van der Waals surface area contributed by atoms with Crippen LogP contribution < -0.4 is 10.6 Å². The van der Waals surface area contributed by atoms with Gasteiger partial charge in [0.05, 0.1) is 4.92 Å². The Balaban J connectivity index is 2.65. The molecule has 1 heterocycles. The zero-order chi connectivity index (χ0) is 16.0. The summed E-state index contributed by atoms with van der Waals surface area (Å²) in [6.07, 6.45) is 0.879. The van der Waals surface area contributed by atoms with Crippen LogP contribution in [0.3, 0.4) is 0 Å². The van der Waals surface area contributed by atoms with Crippen molar-refractivity contribution in [3.05, 3.63) is 27.9 Å². The molecule has 0 bridgehead atoms. The number of pyridine rings is 1. The highest BCUT2D eigenvalue weighted by Crippen LogP contribution is 2.19. The molecule has 0 aromatic carbocycles. The lowest BCUT2D eigenvalue weighted by atomic mass is 10.2. The van der Waals surface area contributed by atoms with Crippen LogP contribution in [0.4, 0.5) is 16.3 Å². The molecule has 0 fully saturated rings. The van der Waals surface area contributed by atoms with Crippen molar-refractivity contribution in [3.8, 4) is 0 Å². The van der Waals surface area contributed by atoms with Crippen molar-refractivity contribution < 1.29 is 19.6 Å². The topological polar surface area (TPSA) is 138 Å². The minimum Gasteiger partial charge on any atom is -0.477 e. The largest absolute Gasteiger partial charge is 0.477 e. The summed E-state index contributed by atoms with van der Waals surface area (Å²) >= 11 is 0. The molecule has 0 spiro atoms. The van der Waals surface area contributed by atoms with Gasteiger partial charge < -0.3 is 20.6 Å². The average molecular weight is 297 g/mol. The van der Waals surface area contributed by atoms with E-state index in [-0.39, 0.29) is 18.4 Å². The third-order valence-corrected chi connectivity index (χ3v) is 2.42. The SMILES string of the molecule is CN(C)C(=O)NCCNc1cc(C(=O)O)c([N+](=O)[O-])cn1. The van der Waals surface area contributed by atoms with E-state index in [9.17, 15) is 19.7 Å². The predicted molar refractivity (Wildman–Crippen MR) is 73.4 cm³/mol. The van der Waals surface area contributed by atoms with Crippen LogP contribution in [0, 0.1) is 10.1 Å². The smallest absolute Gasteiger partial charge is 0.342 e. The van der Waals surface area contributed by atoms with Crippen molar-refractivity contribution in [2.75, 3.05) is 32.5 Å². The summed E-state index contributed by atoms with van der Waals surface area (Å²) in [5.74, 6) is -1.23. The third-order valence-electron chi connectivity index (χ3n) is 2.42. The van der Waals surface area contributed by atoms with E-state index >= 15 is 0 Å². The van der Waals surface area contributed by atoms with Crippen molar-refractivity contribution in [1.82, 2.24) is 15.2 Å². The van der Waals surface area contributed by atoms with Crippen LogP contribution in [0.5, 0.6) is 0 Å². The molecule has 0 aliphatic carbocycles. The van der Waals surface area contributed by atoms with Crippen LogP contribution in [-0.2, 0) is 0 Å². The molecule has 3 N–H and O–H groups in total. The molecule has 0 saturated carbocycles. The summed E-state index contributed by atoms with van der Waals surface area (Å²) in [5, 5.41) is 24.9. The Morgan fingerprint density at radius 3 is 2.62 bits per heavy atom. The zero-order valence-corrected chi connectivity index (χ0v) is 11.5. The van der Waals surface area contributed by atoms with E-state index in [4.69, 9.17) is 5.11 Å². The summed E-state index contributed by atoms with van der Waals surface area (Å²) in [4.78, 5) is 37.2. The molecule has 0 radical (unpaired) electrons. The van der Waals surface area contributed by atoms with Gasteiger partial charge in [-0.2, -0.15) is 0 Å². The van der Waals surface area contributed by atoms with Crippen LogP contribution in [-0.4, -0.2) is 59.1 Å². The minimum atomic E-state index is -1.41. The number of carbonyl (C=O) groups excluding carboxylic acids is 1. The normalized spacial score (nSPS) is 9.81. The van der Waals surface area contributed by atoms with Crippen LogP contribution in [0.15, 0.2) is 12.3 Å². The van der Waals surface area contributed by atoms with Gasteiger partial charge in [0.25, 0.3) is 0 Å². The maximum Gasteiger partial charge on any atom is 0.342 e. The predicted octanol–water partition coefficient (Wildman–Crippen LogP) is 0.371. The van der Waals surface area contributed by atoms with Crippen molar-refractivity contribution in [1.29, 1.82) is 0 Å². The highest BCUT2D eigenvalue weighted by atomic mass is 16.6. The lowest BCUT2D eigenvalue weighted by Crippen LogP contribution is -2.37. The molecular weight excluding hydrogens is 282 g/mol. The number of hydrogen-bond acceptors (Lipinski definition) is 6. The van der Waals surface area contributed by atoms with Gasteiger partial charge in [0.15, 0.2) is 0 Å². The molecule has 0 unspecified atom stereocenters. The van der Waals surface area contributed by atoms with E-state index in [2.05, 4.69) is 15.6 Å². The highest BCUT2D eigenvalue weighted by Gasteiger charge is 2.20. The summed E-state index contributed by atoms with van der Waals surface area (Å²) in [6, 6.07) is 0.813. The van der Waals surface area contributed by atoms with Crippen molar-refractivity contribution in [2.45, 2.75) is 0 Å². The van der Waals surface area contributed by atoms with Gasteiger partial charge in [-0.15, -0.1) is 0 Å². The number of anilines is 1. The van der Waals surface area contributed by atoms with Crippen LogP contribution >= 0.6 is 0 Å². The van der Waals surface area contributed by atoms with E-state index in [0.717, 1.165) is 12.3 Å². The number of nitrogens with one attached hydrogen (secondary N) is 2. The second-order valence-electron chi connectivity index (χ2n) is 4.20. The average Bonchev–Trinajstić information content (AvgIpc) is 2.42. The van der Waals surface area contributed by atoms with Gasteiger partial charge in [-0.1, -0.05) is 0 Å². The lowest BCUT2D eigenvalue weighted by molar-refractivity contribution is -0.385. The van der Waals surface area contributed by atoms with Gasteiger partial charge >= 0.3 is 17.7 Å². The Labute approximate surface area is 119 Å². The van der Waals surface area contributed by atoms with E-state index in [1.54, 1.807) is 14.1 Å². The number of urea groups is 1. The van der Waals surface area contributed by atoms with Gasteiger partial charge in [-0.25, -0.2) is 14.6 Å². The first kappa shape index (κ1) is 16.1. The molecule has 114 valence electrons. The number of carboxylic acids is 1. The molecule has 1 aromatic heterocycles. The molecule has 21 heavy (non-hydrogen) atoms. The molecule has 0 saturated heterocycles. The fourth-order valence-electron chi connectivity index (χ4n) is 1.38. The summed E-state index contributed by atoms with van der Waals surface area (Å²) in [7, 11) is 3.19. The Bertz CT molecular complexity index is 560. The number of carboxylic acid groups (broad SMARTS) is 1. The fourth-order valence-corrected chi connectivity index (χ4v) is 1.38. The molecule has 1 rings (SSSR count). The third kappa shape index (κ3) is 4.60. The number of amides is 2. The molecule has 10 nitrogen and oxygen atoms in total. The minimum absolute atomic E-state index is 0.178. The molecule has 0 aliphatic rings. The molecule has 0 atom stereocenters.